The van der Waals surface area contributed by atoms with Crippen molar-refractivity contribution in [2.24, 2.45) is 0 Å². The highest BCUT2D eigenvalue weighted by atomic mass is 35.5. The van der Waals surface area contributed by atoms with Crippen LogP contribution in [0.3, 0.4) is 0 Å². The molecule has 1 aliphatic heterocycles. The number of aryl methyl sites for hydroxylation is 1. The van der Waals surface area contributed by atoms with Gasteiger partial charge in [-0.1, -0.05) is 30.3 Å². The number of hydrogen-bond acceptors (Lipinski definition) is 4. The summed E-state index contributed by atoms with van der Waals surface area (Å²) in [6.45, 7) is 4.80. The third kappa shape index (κ3) is 5.87. The van der Waals surface area contributed by atoms with Gasteiger partial charge < -0.3 is 0 Å². The number of likely N-dealkylation sites (tertiary alicyclic amines) is 1. The molecule has 0 bridgehead atoms. The molecule has 3 nitrogen and oxygen atoms in total. The summed E-state index contributed by atoms with van der Waals surface area (Å²) in [6, 6.07) is 10.4. The molecule has 0 aliphatic carbocycles. The smallest absolute Gasteiger partial charge is 0.135 e. The molecule has 22 heavy (non-hydrogen) atoms. The molecular formula is C17H21ClN2OS. The number of Topliss-reactive ketones (excluding diaryl/α,β-unsaturated/α-hetero) is 1. The number of aromatic nitrogens is 1. The molecule has 2 aromatic rings. The Hall–Kier alpha value is -1.23. The Morgan fingerprint density at radius 1 is 1.23 bits per heavy atom. The lowest BCUT2D eigenvalue weighted by Gasteiger charge is -2.25. The van der Waals surface area contributed by atoms with Gasteiger partial charge in [-0.15, -0.1) is 22.9 Å². The minimum atomic E-state index is 0.411. The van der Waals surface area contributed by atoms with E-state index in [0.29, 0.717) is 11.7 Å². The lowest BCUT2D eigenvalue weighted by Crippen LogP contribution is -2.33. The lowest BCUT2D eigenvalue weighted by atomic mass is 10.1. The van der Waals surface area contributed by atoms with E-state index in [0.717, 1.165) is 43.2 Å². The van der Waals surface area contributed by atoms with Gasteiger partial charge >= 0.3 is 0 Å². The van der Waals surface area contributed by atoms with E-state index in [1.807, 2.05) is 18.4 Å². The van der Waals surface area contributed by atoms with Crippen LogP contribution in [0.25, 0.3) is 0 Å². The summed E-state index contributed by atoms with van der Waals surface area (Å²) < 4.78 is 0. The third-order valence-electron chi connectivity index (χ3n) is 3.47. The summed E-state index contributed by atoms with van der Waals surface area (Å²) in [5.41, 5.74) is 2.32. The van der Waals surface area contributed by atoms with Crippen molar-refractivity contribution in [2.75, 3.05) is 13.1 Å². The largest absolute Gasteiger partial charge is 0.300 e. The number of piperidine rings is 1. The van der Waals surface area contributed by atoms with Gasteiger partial charge in [0, 0.05) is 37.9 Å². The molecule has 0 spiro atoms. The Morgan fingerprint density at radius 3 is 2.41 bits per heavy atom. The number of alkyl halides is 1. The van der Waals surface area contributed by atoms with Crippen molar-refractivity contribution >= 4 is 28.7 Å². The van der Waals surface area contributed by atoms with E-state index in [9.17, 15) is 4.79 Å². The van der Waals surface area contributed by atoms with Crippen molar-refractivity contribution in [1.82, 2.24) is 9.88 Å². The summed E-state index contributed by atoms with van der Waals surface area (Å²) in [5, 5.41) is 3.06. The zero-order chi connectivity index (χ0) is 15.8. The van der Waals surface area contributed by atoms with Crippen molar-refractivity contribution in [3.05, 3.63) is 52.0 Å². The molecule has 0 saturated carbocycles. The molecule has 0 unspecified atom stereocenters. The van der Waals surface area contributed by atoms with Crippen LogP contribution in [-0.2, 0) is 17.2 Å². The summed E-state index contributed by atoms with van der Waals surface area (Å²) in [7, 11) is 0. The SMILES string of the molecule is Cc1nc(CCl)cs1.O=C1CCN(Cc2ccccc2)CC1. The first-order valence-corrected chi connectivity index (χ1v) is 8.83. The monoisotopic (exact) mass is 336 g/mol. The molecule has 1 saturated heterocycles. The van der Waals surface area contributed by atoms with Crippen LogP contribution in [0.4, 0.5) is 0 Å². The van der Waals surface area contributed by atoms with E-state index in [1.54, 1.807) is 11.3 Å². The second-order valence-electron chi connectivity index (χ2n) is 5.29. The normalized spacial score (nSPS) is 15.3. The Bertz CT molecular complexity index is 575. The second kappa shape index (κ2) is 9.03. The predicted molar refractivity (Wildman–Crippen MR) is 92.4 cm³/mol. The van der Waals surface area contributed by atoms with Crippen molar-refractivity contribution in [3.63, 3.8) is 0 Å². The molecule has 3 rings (SSSR count). The highest BCUT2D eigenvalue weighted by molar-refractivity contribution is 7.09. The fourth-order valence-electron chi connectivity index (χ4n) is 2.27. The zero-order valence-electron chi connectivity index (χ0n) is 12.8. The molecule has 0 atom stereocenters. The van der Waals surface area contributed by atoms with Gasteiger partial charge in [-0.3, -0.25) is 9.69 Å². The van der Waals surface area contributed by atoms with Gasteiger partial charge in [0.15, 0.2) is 0 Å². The average molecular weight is 337 g/mol. The van der Waals surface area contributed by atoms with Gasteiger partial charge in [-0.25, -0.2) is 4.98 Å². The van der Waals surface area contributed by atoms with Gasteiger partial charge in [0.2, 0.25) is 0 Å². The first-order valence-electron chi connectivity index (χ1n) is 7.42. The molecule has 1 aromatic heterocycles. The second-order valence-corrected chi connectivity index (χ2v) is 6.62. The van der Waals surface area contributed by atoms with Crippen LogP contribution in [0, 0.1) is 6.92 Å². The Balaban J connectivity index is 0.000000188. The fourth-order valence-corrected chi connectivity index (χ4v) is 3.11. The average Bonchev–Trinajstić information content (AvgIpc) is 2.97. The van der Waals surface area contributed by atoms with E-state index in [2.05, 4.69) is 34.1 Å². The first-order chi connectivity index (χ1) is 10.7. The van der Waals surface area contributed by atoms with Crippen LogP contribution in [0.5, 0.6) is 0 Å². The van der Waals surface area contributed by atoms with Crippen molar-refractivity contribution in [3.8, 4) is 0 Å². The van der Waals surface area contributed by atoms with E-state index >= 15 is 0 Å². The van der Waals surface area contributed by atoms with Gasteiger partial charge in [-0.2, -0.15) is 0 Å². The summed E-state index contributed by atoms with van der Waals surface area (Å²) in [5.74, 6) is 0.943. The molecule has 2 heterocycles. The van der Waals surface area contributed by atoms with Crippen LogP contribution >= 0.6 is 22.9 Å². The first kappa shape index (κ1) is 17.1. The van der Waals surface area contributed by atoms with Crippen molar-refractivity contribution in [2.45, 2.75) is 32.2 Å². The van der Waals surface area contributed by atoms with Crippen LogP contribution in [0.1, 0.15) is 29.1 Å². The maximum Gasteiger partial charge on any atom is 0.135 e. The predicted octanol–water partition coefficient (Wildman–Crippen LogP) is 4.04. The molecular weight excluding hydrogens is 316 g/mol. The topological polar surface area (TPSA) is 33.2 Å². The number of carbonyl (C=O) groups is 1. The molecule has 1 aliphatic rings. The number of thiazole rings is 1. The van der Waals surface area contributed by atoms with E-state index < -0.39 is 0 Å². The number of carbonyl (C=O) groups excluding carboxylic acids is 1. The zero-order valence-corrected chi connectivity index (χ0v) is 14.4. The minimum absolute atomic E-state index is 0.411. The van der Waals surface area contributed by atoms with Gasteiger partial charge in [0.25, 0.3) is 0 Å². The minimum Gasteiger partial charge on any atom is -0.300 e. The van der Waals surface area contributed by atoms with Crippen molar-refractivity contribution < 1.29 is 4.79 Å². The van der Waals surface area contributed by atoms with Crippen molar-refractivity contribution in [1.29, 1.82) is 0 Å². The number of nitrogens with zero attached hydrogens (tertiary/aromatic N) is 2. The Kier molecular flexibility index (Phi) is 7.03. The summed E-state index contributed by atoms with van der Waals surface area (Å²) in [4.78, 5) is 17.5. The van der Waals surface area contributed by atoms with E-state index in [4.69, 9.17) is 11.6 Å². The molecule has 0 radical (unpaired) electrons. The van der Waals surface area contributed by atoms with E-state index in [-0.39, 0.29) is 0 Å². The number of halogens is 1. The van der Waals surface area contributed by atoms with Crippen LogP contribution < -0.4 is 0 Å². The molecule has 118 valence electrons. The molecule has 5 heteroatoms. The molecule has 0 N–H and O–H groups in total. The lowest BCUT2D eigenvalue weighted by molar-refractivity contribution is -0.121. The molecule has 1 aromatic carbocycles. The highest BCUT2D eigenvalue weighted by Crippen LogP contribution is 2.10. The fraction of sp³-hybridized carbons (Fsp3) is 0.412. The standard InChI is InChI=1S/C12H15NO.C5H6ClNS/c14-12-6-8-13(9-7-12)10-11-4-2-1-3-5-11;1-4-7-5(2-6)3-8-4/h1-5H,6-10H2;3H,2H2,1H3. The van der Waals surface area contributed by atoms with Crippen LogP contribution in [0.2, 0.25) is 0 Å². The van der Waals surface area contributed by atoms with Gasteiger partial charge in [0.1, 0.15) is 5.78 Å². The van der Waals surface area contributed by atoms with E-state index in [1.165, 1.54) is 5.56 Å². The maximum absolute atomic E-state index is 11.0. The summed E-state index contributed by atoms with van der Waals surface area (Å²) in [6.07, 6.45) is 1.46. The van der Waals surface area contributed by atoms with Gasteiger partial charge in [0.05, 0.1) is 16.6 Å². The summed E-state index contributed by atoms with van der Waals surface area (Å²) >= 11 is 7.12. The quantitative estimate of drug-likeness (QED) is 0.793. The Morgan fingerprint density at radius 2 is 1.91 bits per heavy atom. The van der Waals surface area contributed by atoms with Crippen LogP contribution in [0.15, 0.2) is 35.7 Å². The maximum atomic E-state index is 11.0. The molecule has 0 amide bonds. The number of hydrogen-bond donors (Lipinski definition) is 0. The number of rotatable bonds is 3. The van der Waals surface area contributed by atoms with Crippen LogP contribution in [-0.4, -0.2) is 28.8 Å². The number of benzene rings is 1. The third-order valence-corrected chi connectivity index (χ3v) is 4.56. The van der Waals surface area contributed by atoms with Gasteiger partial charge in [-0.05, 0) is 12.5 Å². The highest BCUT2D eigenvalue weighted by Gasteiger charge is 2.15. The number of ketones is 1. The molecule has 1 fully saturated rings. The Labute approximate surface area is 140 Å².